The van der Waals surface area contributed by atoms with Crippen molar-refractivity contribution >= 4 is 11.9 Å². The van der Waals surface area contributed by atoms with Gasteiger partial charge in [0.2, 0.25) is 5.91 Å². The highest BCUT2D eigenvalue weighted by Crippen LogP contribution is 2.18. The fourth-order valence-electron chi connectivity index (χ4n) is 3.45. The molecule has 0 spiro atoms. The van der Waals surface area contributed by atoms with Crippen LogP contribution in [0.4, 0.5) is 4.79 Å². The van der Waals surface area contributed by atoms with E-state index in [0.717, 1.165) is 32.4 Å². The number of carbonyl (C=O) groups excluding carboxylic acids is 2. The van der Waals surface area contributed by atoms with E-state index in [-0.39, 0.29) is 18.0 Å². The van der Waals surface area contributed by atoms with Crippen LogP contribution in [-0.4, -0.2) is 54.0 Å². The quantitative estimate of drug-likeness (QED) is 0.871. The van der Waals surface area contributed by atoms with E-state index >= 15 is 0 Å². The molecule has 6 nitrogen and oxygen atoms in total. The Labute approximate surface area is 143 Å². The van der Waals surface area contributed by atoms with Crippen LogP contribution in [0.3, 0.4) is 0 Å². The molecular weight excluding hydrogens is 304 g/mol. The van der Waals surface area contributed by atoms with E-state index in [1.54, 1.807) is 0 Å². The minimum Gasteiger partial charge on any atom is -0.341 e. The number of rotatable bonds is 3. The number of nitrogens with two attached hydrogens (primary N) is 1. The molecule has 0 radical (unpaired) electrons. The Balaban J connectivity index is 1.42. The second-order valence-electron chi connectivity index (χ2n) is 6.66. The Hall–Kier alpha value is -2.08. The zero-order valence-corrected chi connectivity index (χ0v) is 14.0. The molecule has 2 heterocycles. The summed E-state index contributed by atoms with van der Waals surface area (Å²) in [4.78, 5) is 28.1. The molecule has 2 aliphatic rings. The van der Waals surface area contributed by atoms with Crippen molar-refractivity contribution in [1.82, 2.24) is 15.1 Å². The van der Waals surface area contributed by atoms with Gasteiger partial charge in [0, 0.05) is 45.2 Å². The normalized spacial score (nSPS) is 20.5. The summed E-state index contributed by atoms with van der Waals surface area (Å²) in [7, 11) is 0. The maximum atomic E-state index is 12.3. The molecule has 0 saturated carbocycles. The van der Waals surface area contributed by atoms with Crippen molar-refractivity contribution in [1.29, 1.82) is 0 Å². The highest BCUT2D eigenvalue weighted by atomic mass is 16.2. The van der Waals surface area contributed by atoms with E-state index < -0.39 is 0 Å². The average Bonchev–Trinajstić information content (AvgIpc) is 2.61. The first kappa shape index (κ1) is 16.8. The van der Waals surface area contributed by atoms with E-state index in [4.69, 9.17) is 5.73 Å². The number of carbonyl (C=O) groups is 2. The molecule has 1 saturated heterocycles. The lowest BCUT2D eigenvalue weighted by Crippen LogP contribution is -2.47. The number of fused-ring (bicyclic) bond motifs is 1. The number of amides is 3. The predicted octanol–water partition coefficient (Wildman–Crippen LogP) is 1.09. The van der Waals surface area contributed by atoms with Crippen LogP contribution < -0.4 is 11.1 Å². The lowest BCUT2D eigenvalue weighted by atomic mass is 10.0. The molecule has 130 valence electrons. The van der Waals surface area contributed by atoms with Crippen molar-refractivity contribution in [2.24, 2.45) is 5.73 Å². The van der Waals surface area contributed by atoms with Crippen molar-refractivity contribution in [2.75, 3.05) is 26.2 Å². The molecule has 0 bridgehead atoms. The SMILES string of the molecule is NC1CCCN(C(=O)CCNC(=O)N2CCc3ccccc3C2)C1. The van der Waals surface area contributed by atoms with Crippen LogP contribution >= 0.6 is 0 Å². The highest BCUT2D eigenvalue weighted by Gasteiger charge is 2.22. The van der Waals surface area contributed by atoms with Crippen LogP contribution in [0.5, 0.6) is 0 Å². The summed E-state index contributed by atoms with van der Waals surface area (Å²) in [5, 5.41) is 2.87. The molecule has 0 aliphatic carbocycles. The zero-order chi connectivity index (χ0) is 16.9. The molecule has 6 heteroatoms. The zero-order valence-electron chi connectivity index (χ0n) is 14.0. The van der Waals surface area contributed by atoms with Gasteiger partial charge in [0.15, 0.2) is 0 Å². The number of nitrogens with zero attached hydrogens (tertiary/aromatic N) is 2. The molecule has 1 fully saturated rings. The summed E-state index contributed by atoms with van der Waals surface area (Å²) < 4.78 is 0. The largest absolute Gasteiger partial charge is 0.341 e. The molecule has 3 rings (SSSR count). The standard InChI is InChI=1S/C18H26N4O2/c19-16-6-3-10-21(13-16)17(23)7-9-20-18(24)22-11-8-14-4-1-2-5-15(14)12-22/h1-2,4-5,16H,3,6-13,19H2,(H,20,24). The van der Waals surface area contributed by atoms with E-state index in [2.05, 4.69) is 17.4 Å². The van der Waals surface area contributed by atoms with E-state index in [0.29, 0.717) is 26.1 Å². The van der Waals surface area contributed by atoms with Gasteiger partial charge in [0.25, 0.3) is 0 Å². The van der Waals surface area contributed by atoms with Crippen molar-refractivity contribution in [3.63, 3.8) is 0 Å². The van der Waals surface area contributed by atoms with Crippen LogP contribution in [0.2, 0.25) is 0 Å². The smallest absolute Gasteiger partial charge is 0.317 e. The second-order valence-corrected chi connectivity index (χ2v) is 6.66. The number of benzene rings is 1. The van der Waals surface area contributed by atoms with Gasteiger partial charge in [-0.25, -0.2) is 4.79 Å². The summed E-state index contributed by atoms with van der Waals surface area (Å²) in [5.74, 6) is 0.0782. The average molecular weight is 330 g/mol. The van der Waals surface area contributed by atoms with Crippen molar-refractivity contribution in [3.05, 3.63) is 35.4 Å². The van der Waals surface area contributed by atoms with E-state index in [1.165, 1.54) is 11.1 Å². The Bertz CT molecular complexity index is 604. The maximum Gasteiger partial charge on any atom is 0.317 e. The van der Waals surface area contributed by atoms with Gasteiger partial charge in [-0.2, -0.15) is 0 Å². The number of hydrogen-bond donors (Lipinski definition) is 2. The minimum atomic E-state index is -0.0901. The monoisotopic (exact) mass is 330 g/mol. The Morgan fingerprint density at radius 2 is 1.96 bits per heavy atom. The van der Waals surface area contributed by atoms with E-state index in [1.807, 2.05) is 21.9 Å². The summed E-state index contributed by atoms with van der Waals surface area (Å²) >= 11 is 0. The topological polar surface area (TPSA) is 78.7 Å². The van der Waals surface area contributed by atoms with Gasteiger partial charge in [0.1, 0.15) is 0 Å². The van der Waals surface area contributed by atoms with Crippen LogP contribution in [-0.2, 0) is 17.8 Å². The first-order valence-corrected chi connectivity index (χ1v) is 8.76. The minimum absolute atomic E-state index is 0.0782. The first-order chi connectivity index (χ1) is 11.6. The van der Waals surface area contributed by atoms with Gasteiger partial charge in [-0.3, -0.25) is 4.79 Å². The van der Waals surface area contributed by atoms with Gasteiger partial charge in [0.05, 0.1) is 0 Å². The second kappa shape index (κ2) is 7.66. The Morgan fingerprint density at radius 1 is 1.17 bits per heavy atom. The third-order valence-electron chi connectivity index (χ3n) is 4.84. The molecule has 1 aromatic carbocycles. The molecule has 2 aliphatic heterocycles. The van der Waals surface area contributed by atoms with Crippen molar-refractivity contribution in [2.45, 2.75) is 38.3 Å². The summed E-state index contributed by atoms with van der Waals surface area (Å²) in [6, 6.07) is 8.22. The molecule has 1 aromatic rings. The van der Waals surface area contributed by atoms with Crippen LogP contribution in [0.1, 0.15) is 30.4 Å². The predicted molar refractivity (Wildman–Crippen MR) is 92.4 cm³/mol. The maximum absolute atomic E-state index is 12.3. The molecule has 0 aromatic heterocycles. The van der Waals surface area contributed by atoms with E-state index in [9.17, 15) is 9.59 Å². The number of urea groups is 1. The van der Waals surface area contributed by atoms with Gasteiger partial charge in [-0.15, -0.1) is 0 Å². The van der Waals surface area contributed by atoms with Gasteiger partial charge < -0.3 is 20.9 Å². The third kappa shape index (κ3) is 4.06. The molecule has 1 atom stereocenters. The van der Waals surface area contributed by atoms with Gasteiger partial charge in [-0.1, -0.05) is 24.3 Å². The van der Waals surface area contributed by atoms with Crippen LogP contribution in [0.15, 0.2) is 24.3 Å². The number of nitrogens with one attached hydrogen (secondary N) is 1. The number of piperidine rings is 1. The van der Waals surface area contributed by atoms with Gasteiger partial charge >= 0.3 is 6.03 Å². The molecule has 1 unspecified atom stereocenters. The fourth-order valence-corrected chi connectivity index (χ4v) is 3.45. The molecule has 24 heavy (non-hydrogen) atoms. The van der Waals surface area contributed by atoms with Gasteiger partial charge in [-0.05, 0) is 30.4 Å². The molecule has 3 N–H and O–H groups in total. The van der Waals surface area contributed by atoms with Crippen LogP contribution in [0, 0.1) is 0 Å². The summed E-state index contributed by atoms with van der Waals surface area (Å²) in [6.07, 6.45) is 3.17. The number of hydrogen-bond acceptors (Lipinski definition) is 3. The summed E-state index contributed by atoms with van der Waals surface area (Å²) in [6.45, 7) is 3.15. The Kier molecular flexibility index (Phi) is 5.35. The van der Waals surface area contributed by atoms with Crippen LogP contribution in [0.25, 0.3) is 0 Å². The summed E-state index contributed by atoms with van der Waals surface area (Å²) in [5.41, 5.74) is 8.43. The molecule has 3 amide bonds. The highest BCUT2D eigenvalue weighted by molar-refractivity contribution is 5.78. The number of likely N-dealkylation sites (tertiary alicyclic amines) is 1. The fraction of sp³-hybridized carbons (Fsp3) is 0.556. The third-order valence-corrected chi connectivity index (χ3v) is 4.84. The first-order valence-electron chi connectivity index (χ1n) is 8.76. The van der Waals surface area contributed by atoms with Crippen molar-refractivity contribution < 1.29 is 9.59 Å². The lowest BCUT2D eigenvalue weighted by molar-refractivity contribution is -0.132. The van der Waals surface area contributed by atoms with Crippen molar-refractivity contribution in [3.8, 4) is 0 Å². The molecular formula is C18H26N4O2. The Morgan fingerprint density at radius 3 is 2.75 bits per heavy atom. The lowest BCUT2D eigenvalue weighted by Gasteiger charge is -2.31.